The van der Waals surface area contributed by atoms with Crippen LogP contribution in [-0.2, 0) is 6.18 Å². The van der Waals surface area contributed by atoms with E-state index >= 15 is 0 Å². The molecule has 10 heteroatoms. The maximum Gasteiger partial charge on any atom is 0.416 e. The molecule has 0 saturated carbocycles. The van der Waals surface area contributed by atoms with Crippen molar-refractivity contribution < 1.29 is 22.6 Å². The van der Waals surface area contributed by atoms with Gasteiger partial charge in [-0.2, -0.15) is 18.2 Å². The smallest absolute Gasteiger partial charge is 0.334 e. The molecular formula is C13H6F3N3O3S. The third-order valence-electron chi connectivity index (χ3n) is 2.89. The van der Waals surface area contributed by atoms with Crippen LogP contribution in [0.3, 0.4) is 0 Å². The average molecular weight is 341 g/mol. The maximum atomic E-state index is 12.7. The van der Waals surface area contributed by atoms with Crippen LogP contribution < -0.4 is 0 Å². The molecule has 0 fully saturated rings. The number of thiophene rings is 1. The van der Waals surface area contributed by atoms with Crippen LogP contribution in [0.5, 0.6) is 0 Å². The third kappa shape index (κ3) is 3.06. The van der Waals surface area contributed by atoms with Gasteiger partial charge < -0.3 is 4.52 Å². The highest BCUT2D eigenvalue weighted by Crippen LogP contribution is 2.33. The Kier molecular flexibility index (Phi) is 3.60. The number of aromatic nitrogens is 2. The summed E-state index contributed by atoms with van der Waals surface area (Å²) in [7, 11) is 0. The maximum absolute atomic E-state index is 12.7. The van der Waals surface area contributed by atoms with Gasteiger partial charge in [-0.25, -0.2) is 0 Å². The van der Waals surface area contributed by atoms with Crippen LogP contribution in [0.4, 0.5) is 18.2 Å². The molecule has 0 amide bonds. The van der Waals surface area contributed by atoms with Crippen LogP contribution in [0.2, 0.25) is 0 Å². The molecule has 2 heterocycles. The van der Waals surface area contributed by atoms with E-state index in [0.717, 1.165) is 23.5 Å². The van der Waals surface area contributed by atoms with Crippen molar-refractivity contribution in [2.75, 3.05) is 0 Å². The summed E-state index contributed by atoms with van der Waals surface area (Å²) in [6, 6.07) is 5.76. The van der Waals surface area contributed by atoms with E-state index < -0.39 is 16.7 Å². The van der Waals surface area contributed by atoms with Gasteiger partial charge in [0.25, 0.3) is 5.89 Å². The molecule has 0 atom stereocenters. The summed E-state index contributed by atoms with van der Waals surface area (Å²) in [4.78, 5) is 14.1. The van der Waals surface area contributed by atoms with E-state index in [0.29, 0.717) is 5.56 Å². The molecule has 0 spiro atoms. The zero-order valence-corrected chi connectivity index (χ0v) is 11.9. The zero-order valence-electron chi connectivity index (χ0n) is 11.1. The second-order valence-corrected chi connectivity index (χ2v) is 5.32. The van der Waals surface area contributed by atoms with E-state index in [-0.39, 0.29) is 22.3 Å². The quantitative estimate of drug-likeness (QED) is 0.521. The van der Waals surface area contributed by atoms with Crippen LogP contribution in [0.1, 0.15) is 5.56 Å². The van der Waals surface area contributed by atoms with Crippen molar-refractivity contribution in [3.63, 3.8) is 0 Å². The average Bonchev–Trinajstić information content (AvgIpc) is 3.15. The number of hydrogen-bond acceptors (Lipinski definition) is 6. The Morgan fingerprint density at radius 2 is 2.00 bits per heavy atom. The van der Waals surface area contributed by atoms with Crippen molar-refractivity contribution in [1.82, 2.24) is 10.1 Å². The van der Waals surface area contributed by atoms with Crippen LogP contribution in [-0.4, -0.2) is 15.1 Å². The second-order valence-electron chi connectivity index (χ2n) is 4.43. The van der Waals surface area contributed by atoms with Crippen LogP contribution in [0, 0.1) is 10.1 Å². The van der Waals surface area contributed by atoms with Gasteiger partial charge in [-0.15, -0.1) is 0 Å². The molecule has 0 unspecified atom stereocenters. The summed E-state index contributed by atoms with van der Waals surface area (Å²) in [6.07, 6.45) is -4.48. The first-order chi connectivity index (χ1) is 10.8. The summed E-state index contributed by atoms with van der Waals surface area (Å²) in [6.45, 7) is 0. The highest BCUT2D eigenvalue weighted by Gasteiger charge is 2.30. The van der Waals surface area contributed by atoms with Gasteiger partial charge >= 0.3 is 11.2 Å². The second kappa shape index (κ2) is 5.47. The lowest BCUT2D eigenvalue weighted by molar-refractivity contribution is -0.380. The topological polar surface area (TPSA) is 82.1 Å². The molecule has 0 aliphatic carbocycles. The molecule has 0 radical (unpaired) electrons. The largest absolute Gasteiger partial charge is 0.416 e. The number of rotatable bonds is 3. The zero-order chi connectivity index (χ0) is 16.6. The minimum atomic E-state index is -4.48. The third-order valence-corrected chi connectivity index (χ3v) is 3.77. The molecule has 0 aliphatic rings. The predicted molar refractivity (Wildman–Crippen MR) is 74.7 cm³/mol. The molecule has 3 rings (SSSR count). The van der Waals surface area contributed by atoms with Gasteiger partial charge in [0.2, 0.25) is 5.82 Å². The Labute approximate surface area is 130 Å². The van der Waals surface area contributed by atoms with Gasteiger partial charge in [0.05, 0.1) is 16.1 Å². The number of nitrogens with zero attached hydrogens (tertiary/aromatic N) is 3. The van der Waals surface area contributed by atoms with Gasteiger partial charge in [-0.1, -0.05) is 28.6 Å². The standard InChI is InChI=1S/C13H6F3N3O3S/c14-13(15,16)9-3-1-2-7(4-9)11-17-12(22-18-11)8-5-10(19(20)21)23-6-8/h1-6H. The molecule has 6 nitrogen and oxygen atoms in total. The molecule has 0 bridgehead atoms. The van der Waals surface area contributed by atoms with Crippen LogP contribution in [0.25, 0.3) is 22.8 Å². The molecule has 1 aromatic carbocycles. The molecule has 118 valence electrons. The van der Waals surface area contributed by atoms with Crippen molar-refractivity contribution in [3.05, 3.63) is 51.4 Å². The lowest BCUT2D eigenvalue weighted by atomic mass is 10.1. The number of benzene rings is 1. The Balaban J connectivity index is 1.94. The van der Waals surface area contributed by atoms with Gasteiger partial charge in [-0.3, -0.25) is 10.1 Å². The van der Waals surface area contributed by atoms with Gasteiger partial charge in [0.15, 0.2) is 0 Å². The van der Waals surface area contributed by atoms with Crippen LogP contribution >= 0.6 is 11.3 Å². The Morgan fingerprint density at radius 1 is 1.22 bits per heavy atom. The van der Waals surface area contributed by atoms with Crippen molar-refractivity contribution >= 4 is 16.3 Å². The van der Waals surface area contributed by atoms with Crippen molar-refractivity contribution in [2.45, 2.75) is 6.18 Å². The van der Waals surface area contributed by atoms with E-state index in [1.54, 1.807) is 0 Å². The first-order valence-electron chi connectivity index (χ1n) is 6.09. The SMILES string of the molecule is O=[N+]([O-])c1cc(-c2nc(-c3cccc(C(F)(F)F)c3)no2)cs1. The molecule has 23 heavy (non-hydrogen) atoms. The summed E-state index contributed by atoms with van der Waals surface area (Å²) in [5, 5.41) is 15.6. The number of hydrogen-bond donors (Lipinski definition) is 0. The fourth-order valence-corrected chi connectivity index (χ4v) is 2.52. The summed E-state index contributed by atoms with van der Waals surface area (Å²) >= 11 is 0.888. The van der Waals surface area contributed by atoms with Gasteiger partial charge in [-0.05, 0) is 12.1 Å². The minimum absolute atomic E-state index is 0.00163. The highest BCUT2D eigenvalue weighted by atomic mass is 32.1. The molecule has 0 aliphatic heterocycles. The molecule has 2 aromatic heterocycles. The first-order valence-corrected chi connectivity index (χ1v) is 6.97. The Morgan fingerprint density at radius 3 is 2.65 bits per heavy atom. The number of nitro groups is 1. The Bertz CT molecular complexity index is 872. The normalized spacial score (nSPS) is 11.6. The minimum Gasteiger partial charge on any atom is -0.334 e. The number of halogens is 3. The van der Waals surface area contributed by atoms with E-state index in [4.69, 9.17) is 4.52 Å². The summed E-state index contributed by atoms with van der Waals surface area (Å²) in [5.74, 6) is -0.0262. The molecule has 0 saturated heterocycles. The van der Waals surface area contributed by atoms with E-state index in [1.165, 1.54) is 23.6 Å². The van der Waals surface area contributed by atoms with Crippen molar-refractivity contribution in [1.29, 1.82) is 0 Å². The fourth-order valence-electron chi connectivity index (χ4n) is 1.83. The van der Waals surface area contributed by atoms with Crippen LogP contribution in [0.15, 0.2) is 40.2 Å². The summed E-state index contributed by atoms with van der Waals surface area (Å²) in [5.41, 5.74) is -0.348. The first kappa shape index (κ1) is 15.2. The van der Waals surface area contributed by atoms with E-state index in [1.807, 2.05) is 0 Å². The molecule has 3 aromatic rings. The van der Waals surface area contributed by atoms with Crippen molar-refractivity contribution in [3.8, 4) is 22.8 Å². The lowest BCUT2D eigenvalue weighted by Gasteiger charge is -2.06. The van der Waals surface area contributed by atoms with E-state index in [9.17, 15) is 23.3 Å². The fraction of sp³-hybridized carbons (Fsp3) is 0.0769. The molecular weight excluding hydrogens is 335 g/mol. The van der Waals surface area contributed by atoms with E-state index in [2.05, 4.69) is 10.1 Å². The van der Waals surface area contributed by atoms with Crippen molar-refractivity contribution in [2.24, 2.45) is 0 Å². The lowest BCUT2D eigenvalue weighted by Crippen LogP contribution is -2.04. The Hall–Kier alpha value is -2.75. The highest BCUT2D eigenvalue weighted by molar-refractivity contribution is 7.13. The summed E-state index contributed by atoms with van der Waals surface area (Å²) < 4.78 is 43.1. The number of alkyl halides is 3. The monoisotopic (exact) mass is 341 g/mol. The molecule has 0 N–H and O–H groups in total. The predicted octanol–water partition coefficient (Wildman–Crippen LogP) is 4.39. The van der Waals surface area contributed by atoms with Gasteiger partial charge in [0, 0.05) is 17.0 Å². The van der Waals surface area contributed by atoms with Gasteiger partial charge in [0.1, 0.15) is 0 Å².